The Morgan fingerprint density at radius 2 is 1.54 bits per heavy atom. The summed E-state index contributed by atoms with van der Waals surface area (Å²) < 4.78 is 0. The molecule has 3 aromatic carbocycles. The zero-order valence-electron chi connectivity index (χ0n) is 20.3. The second-order valence-corrected chi connectivity index (χ2v) is 11.0. The lowest BCUT2D eigenvalue weighted by molar-refractivity contribution is -0.0428. The van der Waals surface area contributed by atoms with Crippen molar-refractivity contribution >= 4 is 23.2 Å². The van der Waals surface area contributed by atoms with E-state index < -0.39 is 5.60 Å². The highest BCUT2D eigenvalue weighted by Gasteiger charge is 2.43. The van der Waals surface area contributed by atoms with E-state index in [1.54, 1.807) is 0 Å². The molecule has 0 aliphatic carbocycles. The van der Waals surface area contributed by atoms with Gasteiger partial charge in [-0.25, -0.2) is 0 Å². The molecule has 5 heteroatoms. The molecular weight excluding hydrogens is 475 g/mol. The van der Waals surface area contributed by atoms with Gasteiger partial charge < -0.3 is 5.11 Å². The van der Waals surface area contributed by atoms with Crippen LogP contribution in [-0.4, -0.2) is 46.6 Å². The van der Waals surface area contributed by atoms with Crippen molar-refractivity contribution in [2.75, 3.05) is 19.6 Å². The molecule has 2 heterocycles. The van der Waals surface area contributed by atoms with E-state index in [1.807, 2.05) is 24.3 Å². The molecule has 2 saturated heterocycles. The van der Waals surface area contributed by atoms with Gasteiger partial charge in [0.25, 0.3) is 0 Å². The fraction of sp³-hybridized carbons (Fsp3) is 0.400. The molecule has 0 radical (unpaired) electrons. The Bertz CT molecular complexity index is 1120. The van der Waals surface area contributed by atoms with Crippen LogP contribution in [0.5, 0.6) is 0 Å². The monoisotopic (exact) mass is 508 g/mol. The average Bonchev–Trinajstić information content (AvgIpc) is 3.30. The minimum atomic E-state index is -0.736. The predicted octanol–water partition coefficient (Wildman–Crippen LogP) is 6.72. The van der Waals surface area contributed by atoms with E-state index >= 15 is 0 Å². The number of halogens is 2. The first-order valence-electron chi connectivity index (χ1n) is 12.7. The van der Waals surface area contributed by atoms with Gasteiger partial charge in [-0.1, -0.05) is 89.9 Å². The molecule has 3 aromatic rings. The van der Waals surface area contributed by atoms with Crippen LogP contribution in [0.2, 0.25) is 10.0 Å². The number of piperidine rings is 1. The van der Waals surface area contributed by atoms with Crippen LogP contribution in [0.1, 0.15) is 48.8 Å². The summed E-state index contributed by atoms with van der Waals surface area (Å²) >= 11 is 12.7. The lowest BCUT2D eigenvalue weighted by Crippen LogP contribution is -2.53. The number of aliphatic hydroxyl groups is 1. The molecule has 3 nitrogen and oxygen atoms in total. The van der Waals surface area contributed by atoms with Crippen molar-refractivity contribution < 1.29 is 5.11 Å². The topological polar surface area (TPSA) is 26.7 Å². The summed E-state index contributed by atoms with van der Waals surface area (Å²) in [4.78, 5) is 5.22. The van der Waals surface area contributed by atoms with Crippen LogP contribution in [0.15, 0.2) is 78.9 Å². The van der Waals surface area contributed by atoms with Gasteiger partial charge in [0, 0.05) is 37.6 Å². The van der Waals surface area contributed by atoms with Crippen LogP contribution in [0.3, 0.4) is 0 Å². The van der Waals surface area contributed by atoms with Crippen LogP contribution >= 0.6 is 23.2 Å². The van der Waals surface area contributed by atoms with Gasteiger partial charge in [-0.05, 0) is 61.6 Å². The van der Waals surface area contributed by atoms with Crippen molar-refractivity contribution in [3.63, 3.8) is 0 Å². The Balaban J connectivity index is 1.37. The number of hydrogen-bond acceptors (Lipinski definition) is 3. The molecule has 5 rings (SSSR count). The Kier molecular flexibility index (Phi) is 7.52. The van der Waals surface area contributed by atoms with Crippen LogP contribution in [-0.2, 0) is 12.1 Å². The summed E-state index contributed by atoms with van der Waals surface area (Å²) in [5.41, 5.74) is 2.91. The van der Waals surface area contributed by atoms with Gasteiger partial charge in [0.2, 0.25) is 0 Å². The fourth-order valence-corrected chi connectivity index (χ4v) is 6.49. The van der Waals surface area contributed by atoms with Crippen molar-refractivity contribution in [3.05, 3.63) is 106 Å². The molecule has 2 aliphatic heterocycles. The summed E-state index contributed by atoms with van der Waals surface area (Å²) in [6.45, 7) is 6.13. The molecule has 1 N–H and O–H groups in total. The van der Waals surface area contributed by atoms with Gasteiger partial charge in [-0.3, -0.25) is 9.80 Å². The lowest BCUT2D eigenvalue weighted by Gasteiger charge is -2.45. The van der Waals surface area contributed by atoms with Gasteiger partial charge >= 0.3 is 0 Å². The van der Waals surface area contributed by atoms with Crippen molar-refractivity contribution in [1.82, 2.24) is 9.80 Å². The van der Waals surface area contributed by atoms with Crippen molar-refractivity contribution in [3.8, 4) is 0 Å². The van der Waals surface area contributed by atoms with Crippen molar-refractivity contribution in [2.45, 2.75) is 56.3 Å². The number of hydrogen-bond donors (Lipinski definition) is 1. The van der Waals surface area contributed by atoms with Gasteiger partial charge in [-0.2, -0.15) is 0 Å². The highest BCUT2D eigenvalue weighted by atomic mass is 35.5. The largest absolute Gasteiger partial charge is 0.385 e. The number of rotatable bonds is 6. The Morgan fingerprint density at radius 1 is 0.886 bits per heavy atom. The van der Waals surface area contributed by atoms with Crippen LogP contribution in [0.4, 0.5) is 0 Å². The quantitative estimate of drug-likeness (QED) is 0.400. The van der Waals surface area contributed by atoms with Crippen LogP contribution in [0, 0.1) is 0 Å². The number of benzene rings is 3. The Morgan fingerprint density at radius 3 is 2.20 bits per heavy atom. The first-order valence-corrected chi connectivity index (χ1v) is 13.4. The summed E-state index contributed by atoms with van der Waals surface area (Å²) in [5, 5.41) is 12.6. The van der Waals surface area contributed by atoms with Gasteiger partial charge in [-0.15, -0.1) is 0 Å². The average molecular weight is 510 g/mol. The molecule has 0 aromatic heterocycles. The van der Waals surface area contributed by atoms with E-state index in [0.717, 1.165) is 51.0 Å². The molecule has 184 valence electrons. The smallest absolute Gasteiger partial charge is 0.0920 e. The number of likely N-dealkylation sites (tertiary alicyclic amines) is 2. The van der Waals surface area contributed by atoms with Crippen molar-refractivity contribution in [2.24, 2.45) is 0 Å². The first kappa shape index (κ1) is 24.8. The summed E-state index contributed by atoms with van der Waals surface area (Å²) in [6, 6.07) is 27.7. The molecular formula is C30H34Cl2N2O. The van der Waals surface area contributed by atoms with Crippen molar-refractivity contribution in [1.29, 1.82) is 0 Å². The second-order valence-electron chi connectivity index (χ2n) is 10.2. The normalized spacial score (nSPS) is 23.9. The minimum absolute atomic E-state index is 0.348. The molecule has 3 unspecified atom stereocenters. The van der Waals surface area contributed by atoms with Gasteiger partial charge in [0.1, 0.15) is 0 Å². The van der Waals surface area contributed by atoms with E-state index in [0.29, 0.717) is 28.0 Å². The molecule has 0 spiro atoms. The van der Waals surface area contributed by atoms with E-state index in [-0.39, 0.29) is 0 Å². The standard InChI is InChI=1S/C30H34Cl2N2O/c1-22(33-18-15-30(35,16-19-33)25-10-6-3-7-11-25)29-26(24-12-13-27(31)28(32)20-24)14-17-34(29)21-23-8-4-2-5-9-23/h2-13,20,22,26,29,35H,14-19,21H2,1H3. The molecule has 3 atom stereocenters. The fourth-order valence-electron chi connectivity index (χ4n) is 6.18. The predicted molar refractivity (Wildman–Crippen MR) is 145 cm³/mol. The van der Waals surface area contributed by atoms with E-state index in [4.69, 9.17) is 23.2 Å². The second kappa shape index (κ2) is 10.6. The van der Waals surface area contributed by atoms with E-state index in [9.17, 15) is 5.11 Å². The molecule has 0 saturated carbocycles. The lowest BCUT2D eigenvalue weighted by atomic mass is 9.82. The maximum Gasteiger partial charge on any atom is 0.0920 e. The SMILES string of the molecule is CC(C1C(c2ccc(Cl)c(Cl)c2)CCN1Cc1ccccc1)N1CCC(O)(c2ccccc2)CC1. The van der Waals surface area contributed by atoms with E-state index in [1.165, 1.54) is 11.1 Å². The van der Waals surface area contributed by atoms with Gasteiger partial charge in [0.05, 0.1) is 15.6 Å². The first-order chi connectivity index (χ1) is 16.9. The zero-order valence-corrected chi connectivity index (χ0v) is 21.8. The maximum atomic E-state index is 11.4. The summed E-state index contributed by atoms with van der Waals surface area (Å²) in [6.07, 6.45) is 2.61. The highest BCUT2D eigenvalue weighted by Crippen LogP contribution is 2.41. The van der Waals surface area contributed by atoms with E-state index in [2.05, 4.69) is 71.3 Å². The molecule has 0 bridgehead atoms. The molecule has 2 aliphatic rings. The van der Waals surface area contributed by atoms with Gasteiger partial charge in [0.15, 0.2) is 0 Å². The maximum absolute atomic E-state index is 11.4. The Hall–Kier alpha value is -1.88. The van der Waals surface area contributed by atoms with Crippen LogP contribution < -0.4 is 0 Å². The third-order valence-corrected chi connectivity index (χ3v) is 8.91. The minimum Gasteiger partial charge on any atom is -0.385 e. The third kappa shape index (κ3) is 5.30. The number of nitrogens with zero attached hydrogens (tertiary/aromatic N) is 2. The highest BCUT2D eigenvalue weighted by molar-refractivity contribution is 6.42. The zero-order chi connectivity index (χ0) is 24.4. The molecule has 0 amide bonds. The third-order valence-electron chi connectivity index (χ3n) is 8.17. The molecule has 35 heavy (non-hydrogen) atoms. The summed E-state index contributed by atoms with van der Waals surface area (Å²) in [5.74, 6) is 0.387. The molecule has 2 fully saturated rings. The summed E-state index contributed by atoms with van der Waals surface area (Å²) in [7, 11) is 0. The van der Waals surface area contributed by atoms with Crippen LogP contribution in [0.25, 0.3) is 0 Å². The Labute approximate surface area is 219 Å².